The third kappa shape index (κ3) is 5.91. The molecule has 0 bridgehead atoms. The standard InChI is InChI=1S/C27H23Cl2N3O3/c28-22-9-5-4-8-21(22)17-32-26(34)23(29)24(27(32)35)31-16-19-10-12-20(13-11-19)25(33)30-15-14-18-6-2-1-3-7-18/h1-13,31H,14-17H2,(H,30,33). The van der Waals surface area contributed by atoms with Crippen molar-refractivity contribution in [1.82, 2.24) is 15.5 Å². The number of nitrogens with zero attached hydrogens (tertiary/aromatic N) is 1. The summed E-state index contributed by atoms with van der Waals surface area (Å²) in [6.07, 6.45) is 0.755. The molecule has 4 rings (SSSR count). The second-order valence-corrected chi connectivity index (χ2v) is 8.80. The van der Waals surface area contributed by atoms with E-state index in [-0.39, 0.29) is 29.7 Å². The lowest BCUT2D eigenvalue weighted by Crippen LogP contribution is -2.33. The number of carbonyl (C=O) groups excluding carboxylic acids is 3. The van der Waals surface area contributed by atoms with Crippen molar-refractivity contribution < 1.29 is 14.4 Å². The zero-order chi connectivity index (χ0) is 24.8. The SMILES string of the molecule is O=C(NCCc1ccccc1)c1ccc(CNC2=C(Cl)C(=O)N(Cc3ccccc3Cl)C2=O)cc1. The second-order valence-electron chi connectivity index (χ2n) is 8.02. The van der Waals surface area contributed by atoms with E-state index in [2.05, 4.69) is 10.6 Å². The van der Waals surface area contributed by atoms with E-state index < -0.39 is 11.8 Å². The third-order valence-electron chi connectivity index (χ3n) is 5.63. The molecule has 0 spiro atoms. The van der Waals surface area contributed by atoms with E-state index in [4.69, 9.17) is 23.2 Å². The lowest BCUT2D eigenvalue weighted by molar-refractivity contribution is -0.138. The van der Waals surface area contributed by atoms with Gasteiger partial charge in [0, 0.05) is 23.7 Å². The van der Waals surface area contributed by atoms with Crippen molar-refractivity contribution in [3.8, 4) is 0 Å². The number of rotatable bonds is 9. The number of hydrogen-bond donors (Lipinski definition) is 2. The molecule has 0 radical (unpaired) electrons. The van der Waals surface area contributed by atoms with E-state index in [1.165, 1.54) is 0 Å². The molecular weight excluding hydrogens is 485 g/mol. The molecule has 6 nitrogen and oxygen atoms in total. The molecule has 0 saturated carbocycles. The van der Waals surface area contributed by atoms with Crippen LogP contribution in [0.25, 0.3) is 0 Å². The van der Waals surface area contributed by atoms with Crippen molar-refractivity contribution >= 4 is 40.9 Å². The topological polar surface area (TPSA) is 78.5 Å². The highest BCUT2D eigenvalue weighted by Crippen LogP contribution is 2.26. The van der Waals surface area contributed by atoms with Crippen LogP contribution in [0.2, 0.25) is 5.02 Å². The average Bonchev–Trinajstić information content (AvgIpc) is 3.07. The van der Waals surface area contributed by atoms with Crippen LogP contribution in [0.5, 0.6) is 0 Å². The molecule has 1 aliphatic heterocycles. The van der Waals surface area contributed by atoms with Crippen LogP contribution in [0.3, 0.4) is 0 Å². The summed E-state index contributed by atoms with van der Waals surface area (Å²) >= 11 is 12.3. The molecule has 35 heavy (non-hydrogen) atoms. The first kappa shape index (κ1) is 24.5. The van der Waals surface area contributed by atoms with E-state index >= 15 is 0 Å². The summed E-state index contributed by atoms with van der Waals surface area (Å²) in [4.78, 5) is 38.8. The fourth-order valence-corrected chi connectivity index (χ4v) is 4.12. The molecule has 1 heterocycles. The first-order chi connectivity index (χ1) is 16.9. The van der Waals surface area contributed by atoms with Gasteiger partial charge in [-0.3, -0.25) is 19.3 Å². The molecule has 3 aromatic carbocycles. The van der Waals surface area contributed by atoms with Gasteiger partial charge in [0.25, 0.3) is 17.7 Å². The van der Waals surface area contributed by atoms with Crippen molar-refractivity contribution in [2.75, 3.05) is 6.54 Å². The van der Waals surface area contributed by atoms with Crippen LogP contribution >= 0.6 is 23.2 Å². The van der Waals surface area contributed by atoms with Crippen molar-refractivity contribution in [2.45, 2.75) is 19.5 Å². The van der Waals surface area contributed by atoms with Crippen molar-refractivity contribution in [1.29, 1.82) is 0 Å². The molecule has 0 aliphatic carbocycles. The summed E-state index contributed by atoms with van der Waals surface area (Å²) in [6.45, 7) is 0.840. The minimum atomic E-state index is -0.568. The molecule has 0 atom stereocenters. The molecule has 0 unspecified atom stereocenters. The minimum Gasteiger partial charge on any atom is -0.375 e. The molecular formula is C27H23Cl2N3O3. The Morgan fingerprint density at radius 1 is 0.800 bits per heavy atom. The monoisotopic (exact) mass is 507 g/mol. The molecule has 2 N–H and O–H groups in total. The van der Waals surface area contributed by atoms with Crippen molar-refractivity contribution in [3.05, 3.63) is 117 Å². The van der Waals surface area contributed by atoms with E-state index in [9.17, 15) is 14.4 Å². The zero-order valence-electron chi connectivity index (χ0n) is 18.8. The Morgan fingerprint density at radius 3 is 2.20 bits per heavy atom. The fourth-order valence-electron chi connectivity index (χ4n) is 3.67. The highest BCUT2D eigenvalue weighted by Gasteiger charge is 2.37. The highest BCUT2D eigenvalue weighted by molar-refractivity contribution is 6.47. The summed E-state index contributed by atoms with van der Waals surface area (Å²) in [5.74, 6) is -1.23. The van der Waals surface area contributed by atoms with Crippen LogP contribution in [0.1, 0.15) is 27.0 Å². The Bertz CT molecular complexity index is 1270. The van der Waals surface area contributed by atoms with Gasteiger partial charge in [0.2, 0.25) is 0 Å². The van der Waals surface area contributed by atoms with Crippen LogP contribution in [-0.2, 0) is 29.1 Å². The van der Waals surface area contributed by atoms with Gasteiger partial charge >= 0.3 is 0 Å². The molecule has 8 heteroatoms. The predicted molar refractivity (Wildman–Crippen MR) is 136 cm³/mol. The summed E-state index contributed by atoms with van der Waals surface area (Å²) in [5.41, 5.74) is 3.22. The Balaban J connectivity index is 1.31. The smallest absolute Gasteiger partial charge is 0.278 e. The normalized spacial score (nSPS) is 13.4. The fraction of sp³-hybridized carbons (Fsp3) is 0.148. The Hall–Kier alpha value is -3.61. The molecule has 0 aromatic heterocycles. The van der Waals surface area contributed by atoms with E-state index in [1.54, 1.807) is 48.5 Å². The predicted octanol–water partition coefficient (Wildman–Crippen LogP) is 4.42. The summed E-state index contributed by atoms with van der Waals surface area (Å²) in [6, 6.07) is 24.0. The molecule has 3 amide bonds. The van der Waals surface area contributed by atoms with Gasteiger partial charge in [-0.25, -0.2) is 0 Å². The Labute approximate surface area is 213 Å². The number of halogens is 2. The lowest BCUT2D eigenvalue weighted by Gasteiger charge is -2.16. The van der Waals surface area contributed by atoms with Crippen LogP contribution in [0, 0.1) is 0 Å². The maximum atomic E-state index is 12.8. The number of amides is 3. The van der Waals surface area contributed by atoms with Gasteiger partial charge in [0.05, 0.1) is 6.54 Å². The van der Waals surface area contributed by atoms with E-state index in [0.717, 1.165) is 22.4 Å². The maximum absolute atomic E-state index is 12.8. The Morgan fingerprint density at radius 2 is 1.49 bits per heavy atom. The summed E-state index contributed by atoms with van der Waals surface area (Å²) in [5, 5.41) is 6.19. The van der Waals surface area contributed by atoms with E-state index in [0.29, 0.717) is 22.7 Å². The molecule has 178 valence electrons. The Kier molecular flexibility index (Phi) is 7.85. The molecule has 1 aliphatic rings. The molecule has 0 fully saturated rings. The van der Waals surface area contributed by atoms with Gasteiger partial charge in [-0.15, -0.1) is 0 Å². The van der Waals surface area contributed by atoms with Crippen LogP contribution in [-0.4, -0.2) is 29.2 Å². The lowest BCUT2D eigenvalue weighted by atomic mass is 10.1. The van der Waals surface area contributed by atoms with E-state index in [1.807, 2.05) is 30.3 Å². The average molecular weight is 508 g/mol. The first-order valence-corrected chi connectivity index (χ1v) is 11.8. The molecule has 0 saturated heterocycles. The largest absolute Gasteiger partial charge is 0.375 e. The van der Waals surface area contributed by atoms with Crippen LogP contribution < -0.4 is 10.6 Å². The van der Waals surface area contributed by atoms with Gasteiger partial charge < -0.3 is 10.6 Å². The highest BCUT2D eigenvalue weighted by atomic mass is 35.5. The van der Waals surface area contributed by atoms with Gasteiger partial charge in [-0.1, -0.05) is 83.9 Å². The third-order valence-corrected chi connectivity index (χ3v) is 6.34. The van der Waals surface area contributed by atoms with Crippen LogP contribution in [0.15, 0.2) is 89.6 Å². The first-order valence-electron chi connectivity index (χ1n) is 11.1. The summed E-state index contributed by atoms with van der Waals surface area (Å²) in [7, 11) is 0. The maximum Gasteiger partial charge on any atom is 0.278 e. The minimum absolute atomic E-state index is 0.0345. The number of nitrogens with one attached hydrogen (secondary N) is 2. The number of hydrogen-bond acceptors (Lipinski definition) is 4. The van der Waals surface area contributed by atoms with Gasteiger partial charge in [0.1, 0.15) is 10.7 Å². The van der Waals surface area contributed by atoms with Gasteiger partial charge in [0.15, 0.2) is 0 Å². The van der Waals surface area contributed by atoms with Gasteiger partial charge in [-0.2, -0.15) is 0 Å². The number of carbonyl (C=O) groups is 3. The summed E-state index contributed by atoms with van der Waals surface area (Å²) < 4.78 is 0. The number of imide groups is 1. The second kappa shape index (κ2) is 11.2. The zero-order valence-corrected chi connectivity index (χ0v) is 20.3. The molecule has 3 aromatic rings. The van der Waals surface area contributed by atoms with Crippen molar-refractivity contribution in [2.24, 2.45) is 0 Å². The van der Waals surface area contributed by atoms with Gasteiger partial charge in [-0.05, 0) is 41.3 Å². The quantitative estimate of drug-likeness (QED) is 0.420. The van der Waals surface area contributed by atoms with Crippen LogP contribution in [0.4, 0.5) is 0 Å². The van der Waals surface area contributed by atoms with Crippen molar-refractivity contribution in [3.63, 3.8) is 0 Å². The number of benzene rings is 3.